The number of nitrogens with two attached hydrogens (primary N) is 1. The second-order valence-electron chi connectivity index (χ2n) is 8.88. The van der Waals surface area contributed by atoms with Gasteiger partial charge in [-0.1, -0.05) is 18.2 Å². The molecule has 0 spiro atoms. The first-order chi connectivity index (χ1) is 17.5. The van der Waals surface area contributed by atoms with E-state index in [2.05, 4.69) is 30.3 Å². The van der Waals surface area contributed by atoms with E-state index in [4.69, 9.17) is 15.5 Å². The maximum Gasteiger partial charge on any atom is 0.253 e. The van der Waals surface area contributed by atoms with E-state index in [1.165, 1.54) is 0 Å². The normalized spacial score (nSPS) is 15.4. The fourth-order valence-corrected chi connectivity index (χ4v) is 5.47. The Morgan fingerprint density at radius 1 is 1.28 bits per heavy atom. The predicted octanol–water partition coefficient (Wildman–Crippen LogP) is 5.46. The largest absolute Gasteiger partial charge is 0.496 e. The van der Waals surface area contributed by atoms with Gasteiger partial charge in [-0.05, 0) is 60.8 Å². The van der Waals surface area contributed by atoms with Crippen LogP contribution in [-0.2, 0) is 4.79 Å². The van der Waals surface area contributed by atoms with E-state index >= 15 is 0 Å². The molecule has 4 aromatic rings. The Hall–Kier alpha value is -3.59. The molecule has 0 unspecified atom stereocenters. The molecule has 36 heavy (non-hydrogen) atoms. The lowest BCUT2D eigenvalue weighted by Crippen LogP contribution is -2.38. The molecule has 0 saturated carbocycles. The van der Waals surface area contributed by atoms with Crippen molar-refractivity contribution in [3.05, 3.63) is 64.7 Å². The molecule has 0 bridgehead atoms. The lowest BCUT2D eigenvalue weighted by atomic mass is 9.95. The average Bonchev–Trinajstić information content (AvgIpc) is 3.51. The second kappa shape index (κ2) is 9.81. The van der Waals surface area contributed by atoms with Crippen molar-refractivity contribution >= 4 is 44.1 Å². The van der Waals surface area contributed by atoms with Crippen LogP contribution in [0.2, 0.25) is 0 Å². The number of halogens is 1. The fraction of sp³-hybridized carbons (Fsp3) is 0.296. The van der Waals surface area contributed by atoms with Crippen LogP contribution in [0.25, 0.3) is 27.8 Å². The highest BCUT2D eigenvalue weighted by molar-refractivity contribution is 9.10. The number of anilines is 1. The number of carbonyl (C=O) groups excluding carboxylic acids is 1. The molecule has 9 heteroatoms. The number of nitrogens with zero attached hydrogens (tertiary/aromatic N) is 4. The summed E-state index contributed by atoms with van der Waals surface area (Å²) in [6, 6.07) is 5.93. The SMILES string of the molecule is C/C=C\C(=C/C)C(=O)N1CCC(c2nc(-c3cc4c(OC)ccc(Br)c4[nH]3)c3c(N)nccn23)CC1. The number of benzene rings is 1. The number of methoxy groups -OCH3 is 1. The second-order valence-corrected chi connectivity index (χ2v) is 9.74. The van der Waals surface area contributed by atoms with Crippen LogP contribution in [0.4, 0.5) is 5.82 Å². The van der Waals surface area contributed by atoms with E-state index in [0.29, 0.717) is 18.9 Å². The van der Waals surface area contributed by atoms with Gasteiger partial charge >= 0.3 is 0 Å². The molecule has 5 rings (SSSR count). The third-order valence-electron chi connectivity index (χ3n) is 6.84. The number of nitrogens with one attached hydrogen (secondary N) is 1. The summed E-state index contributed by atoms with van der Waals surface area (Å²) in [7, 11) is 1.66. The first-order valence-electron chi connectivity index (χ1n) is 12.0. The van der Waals surface area contributed by atoms with Gasteiger partial charge in [-0.3, -0.25) is 9.20 Å². The smallest absolute Gasteiger partial charge is 0.253 e. The minimum absolute atomic E-state index is 0.0776. The van der Waals surface area contributed by atoms with Crippen molar-refractivity contribution in [2.24, 2.45) is 0 Å². The molecule has 0 radical (unpaired) electrons. The summed E-state index contributed by atoms with van der Waals surface area (Å²) in [4.78, 5) is 27.8. The van der Waals surface area contributed by atoms with Gasteiger partial charge in [0.1, 0.15) is 28.6 Å². The third-order valence-corrected chi connectivity index (χ3v) is 7.50. The number of likely N-dealkylation sites (tertiary alicyclic amines) is 1. The molecule has 1 aliphatic heterocycles. The summed E-state index contributed by atoms with van der Waals surface area (Å²) < 4.78 is 8.56. The molecule has 0 atom stereocenters. The molecular formula is C27H29BrN6O2. The third kappa shape index (κ3) is 4.07. The maximum absolute atomic E-state index is 12.9. The number of hydrogen-bond donors (Lipinski definition) is 2. The van der Waals surface area contributed by atoms with Gasteiger partial charge in [-0.25, -0.2) is 9.97 Å². The standard InChI is InChI=1S/C27H29BrN6O2/c1-4-6-16(5-2)27(35)33-12-9-17(10-13-33)26-32-23(24-25(29)30-11-14-34(24)26)20-15-18-21(36-3)8-7-19(28)22(18)31-20/h4-8,11,14-15,17,31H,9-10,12-13H2,1-3H3,(H2,29,30)/b6-4-,16-5+. The van der Waals surface area contributed by atoms with Crippen molar-refractivity contribution in [2.75, 3.05) is 25.9 Å². The highest BCUT2D eigenvalue weighted by atomic mass is 79.9. The van der Waals surface area contributed by atoms with Crippen LogP contribution in [0, 0.1) is 0 Å². The number of fused-ring (bicyclic) bond motifs is 2. The van der Waals surface area contributed by atoms with Crippen LogP contribution in [0.15, 0.2) is 58.9 Å². The first kappa shape index (κ1) is 24.1. The van der Waals surface area contributed by atoms with Crippen molar-refractivity contribution in [3.63, 3.8) is 0 Å². The molecule has 1 aliphatic rings. The summed E-state index contributed by atoms with van der Waals surface area (Å²) >= 11 is 3.63. The van der Waals surface area contributed by atoms with E-state index in [9.17, 15) is 4.79 Å². The number of piperidine rings is 1. The molecule has 1 saturated heterocycles. The van der Waals surface area contributed by atoms with Gasteiger partial charge in [0.2, 0.25) is 0 Å². The monoisotopic (exact) mass is 548 g/mol. The number of rotatable bonds is 5. The minimum atomic E-state index is 0.0776. The summed E-state index contributed by atoms with van der Waals surface area (Å²) in [5.74, 6) is 2.41. The number of amides is 1. The quantitative estimate of drug-likeness (QED) is 0.254. The molecule has 1 amide bonds. The Morgan fingerprint density at radius 3 is 2.75 bits per heavy atom. The molecule has 1 aromatic carbocycles. The lowest BCUT2D eigenvalue weighted by molar-refractivity contribution is -0.127. The Labute approximate surface area is 218 Å². The summed E-state index contributed by atoms with van der Waals surface area (Å²) in [6.07, 6.45) is 10.9. The Kier molecular flexibility index (Phi) is 6.57. The number of aromatic amines is 1. The Balaban J connectivity index is 1.52. The van der Waals surface area contributed by atoms with Crippen molar-refractivity contribution < 1.29 is 9.53 Å². The van der Waals surface area contributed by atoms with Crippen LogP contribution >= 0.6 is 15.9 Å². The van der Waals surface area contributed by atoms with Gasteiger partial charge in [0.25, 0.3) is 5.91 Å². The molecule has 1 fully saturated rings. The van der Waals surface area contributed by atoms with Crippen LogP contribution in [-0.4, -0.2) is 50.4 Å². The first-order valence-corrected chi connectivity index (χ1v) is 12.8. The van der Waals surface area contributed by atoms with Crippen molar-refractivity contribution in [2.45, 2.75) is 32.6 Å². The van der Waals surface area contributed by atoms with Gasteiger partial charge in [0.05, 0.1) is 18.3 Å². The molecule has 186 valence electrons. The lowest BCUT2D eigenvalue weighted by Gasteiger charge is -2.31. The number of ether oxygens (including phenoxy) is 1. The molecule has 8 nitrogen and oxygen atoms in total. The van der Waals surface area contributed by atoms with Gasteiger partial charge in [0, 0.05) is 46.8 Å². The van der Waals surface area contributed by atoms with E-state index in [0.717, 1.165) is 62.3 Å². The minimum Gasteiger partial charge on any atom is -0.496 e. The number of allylic oxidation sites excluding steroid dienone is 2. The summed E-state index contributed by atoms with van der Waals surface area (Å²) in [5.41, 5.74) is 10.4. The van der Waals surface area contributed by atoms with Crippen LogP contribution in [0.3, 0.4) is 0 Å². The van der Waals surface area contributed by atoms with Gasteiger partial charge in [-0.2, -0.15) is 0 Å². The number of aromatic nitrogens is 4. The topological polar surface area (TPSA) is 102 Å². The Morgan fingerprint density at radius 2 is 2.06 bits per heavy atom. The number of carbonyl (C=O) groups is 1. The van der Waals surface area contributed by atoms with E-state index in [1.54, 1.807) is 13.3 Å². The van der Waals surface area contributed by atoms with E-state index < -0.39 is 0 Å². The molecule has 3 aromatic heterocycles. The van der Waals surface area contributed by atoms with Crippen LogP contribution < -0.4 is 10.5 Å². The molecule has 0 aliphatic carbocycles. The average molecular weight is 549 g/mol. The van der Waals surface area contributed by atoms with E-state index in [1.807, 2.05) is 61.4 Å². The highest BCUT2D eigenvalue weighted by Crippen LogP contribution is 2.38. The summed E-state index contributed by atoms with van der Waals surface area (Å²) in [6.45, 7) is 5.18. The summed E-state index contributed by atoms with van der Waals surface area (Å²) in [5, 5.41) is 0.958. The van der Waals surface area contributed by atoms with Crippen LogP contribution in [0.1, 0.15) is 38.4 Å². The zero-order valence-corrected chi connectivity index (χ0v) is 22.2. The van der Waals surface area contributed by atoms with Crippen LogP contribution in [0.5, 0.6) is 5.75 Å². The van der Waals surface area contributed by atoms with Crippen molar-refractivity contribution in [1.82, 2.24) is 24.3 Å². The Bertz CT molecular complexity index is 1510. The van der Waals surface area contributed by atoms with Crippen molar-refractivity contribution in [3.8, 4) is 17.1 Å². The zero-order valence-electron chi connectivity index (χ0n) is 20.6. The van der Waals surface area contributed by atoms with Gasteiger partial charge in [0.15, 0.2) is 0 Å². The molecule has 3 N–H and O–H groups in total. The van der Waals surface area contributed by atoms with Gasteiger partial charge in [-0.15, -0.1) is 0 Å². The fourth-order valence-electron chi connectivity index (χ4n) is 5.02. The predicted molar refractivity (Wildman–Crippen MR) is 146 cm³/mol. The van der Waals surface area contributed by atoms with Gasteiger partial charge < -0.3 is 20.4 Å². The number of H-pyrrole nitrogens is 1. The number of imidazole rings is 1. The number of nitrogen functional groups attached to an aromatic ring is 1. The molecule has 4 heterocycles. The maximum atomic E-state index is 12.9. The molecular weight excluding hydrogens is 520 g/mol. The highest BCUT2D eigenvalue weighted by Gasteiger charge is 2.29. The number of hydrogen-bond acceptors (Lipinski definition) is 5. The zero-order chi connectivity index (χ0) is 25.4. The van der Waals surface area contributed by atoms with Crippen molar-refractivity contribution in [1.29, 1.82) is 0 Å². The van der Waals surface area contributed by atoms with E-state index in [-0.39, 0.29) is 11.8 Å².